The number of ether oxygens (including phenoxy) is 2. The molecule has 2 heterocycles. The first-order valence-electron chi connectivity index (χ1n) is 11.6. The first kappa shape index (κ1) is 24.5. The van der Waals surface area contributed by atoms with Crippen LogP contribution < -0.4 is 9.64 Å². The molecule has 0 unspecified atom stereocenters. The summed E-state index contributed by atoms with van der Waals surface area (Å²) in [6, 6.07) is 18.8. The summed E-state index contributed by atoms with van der Waals surface area (Å²) in [7, 11) is 0. The number of aromatic nitrogens is 1. The van der Waals surface area contributed by atoms with Crippen LogP contribution in [-0.2, 0) is 9.53 Å². The van der Waals surface area contributed by atoms with E-state index in [9.17, 15) is 24.0 Å². The summed E-state index contributed by atoms with van der Waals surface area (Å²) in [6.45, 7) is 2.41. The van der Waals surface area contributed by atoms with Crippen LogP contribution in [0.15, 0.2) is 72.8 Å². The third-order valence-electron chi connectivity index (χ3n) is 6.02. The van der Waals surface area contributed by atoms with E-state index in [4.69, 9.17) is 9.47 Å². The first-order chi connectivity index (χ1) is 18.2. The van der Waals surface area contributed by atoms with Crippen molar-refractivity contribution in [3.05, 3.63) is 101 Å². The van der Waals surface area contributed by atoms with Gasteiger partial charge in [-0.1, -0.05) is 24.3 Å². The largest absolute Gasteiger partial charge is 0.454 e. The van der Waals surface area contributed by atoms with Crippen molar-refractivity contribution >= 4 is 46.1 Å². The molecule has 1 aliphatic heterocycles. The molecule has 0 spiro atoms. The quantitative estimate of drug-likeness (QED) is 0.164. The summed E-state index contributed by atoms with van der Waals surface area (Å²) in [4.78, 5) is 68.3. The molecule has 0 atom stereocenters. The van der Waals surface area contributed by atoms with Gasteiger partial charge in [-0.25, -0.2) is 9.69 Å². The number of nitrogens with zero attached hydrogens (tertiary/aromatic N) is 2. The Balaban J connectivity index is 1.33. The van der Waals surface area contributed by atoms with Crippen molar-refractivity contribution in [2.24, 2.45) is 0 Å². The van der Waals surface area contributed by atoms with Gasteiger partial charge in [0, 0.05) is 17.9 Å². The Morgan fingerprint density at radius 3 is 2.29 bits per heavy atom. The van der Waals surface area contributed by atoms with Gasteiger partial charge in [0.05, 0.1) is 33.6 Å². The van der Waals surface area contributed by atoms with Crippen molar-refractivity contribution < 1.29 is 33.4 Å². The first-order valence-corrected chi connectivity index (χ1v) is 11.6. The fourth-order valence-electron chi connectivity index (χ4n) is 4.31. The van der Waals surface area contributed by atoms with E-state index >= 15 is 0 Å². The normalized spacial score (nSPS) is 12.4. The summed E-state index contributed by atoms with van der Waals surface area (Å²) >= 11 is 0. The number of ketones is 1. The van der Waals surface area contributed by atoms with Crippen LogP contribution in [0, 0.1) is 6.92 Å². The van der Waals surface area contributed by atoms with Crippen LogP contribution in [0.5, 0.6) is 5.75 Å². The van der Waals surface area contributed by atoms with Gasteiger partial charge in [-0.2, -0.15) is 0 Å². The summed E-state index contributed by atoms with van der Waals surface area (Å²) < 4.78 is 10.1. The minimum Gasteiger partial charge on any atom is -0.454 e. The number of Topliss-reactive ketones (excluding diaryl/α,β-unsaturated/α-hetero) is 1. The number of imide groups is 1. The second kappa shape index (κ2) is 9.70. The van der Waals surface area contributed by atoms with Crippen LogP contribution in [0.3, 0.4) is 0 Å². The number of pyridine rings is 1. The van der Waals surface area contributed by atoms with Crippen molar-refractivity contribution in [2.75, 3.05) is 11.5 Å². The molecule has 0 bridgehead atoms. The van der Waals surface area contributed by atoms with Gasteiger partial charge >= 0.3 is 11.9 Å². The van der Waals surface area contributed by atoms with Gasteiger partial charge in [-0.3, -0.25) is 24.2 Å². The van der Waals surface area contributed by atoms with Crippen LogP contribution in [0.25, 0.3) is 10.9 Å². The lowest BCUT2D eigenvalue weighted by molar-refractivity contribution is -0.131. The fraction of sp³-hybridized carbons (Fsp3) is 0.103. The van der Waals surface area contributed by atoms with Gasteiger partial charge < -0.3 is 9.47 Å². The summed E-state index contributed by atoms with van der Waals surface area (Å²) in [5.74, 6) is -2.49. The molecule has 0 radical (unpaired) electrons. The van der Waals surface area contributed by atoms with Crippen molar-refractivity contribution in [1.82, 2.24) is 4.98 Å². The molecule has 38 heavy (non-hydrogen) atoms. The highest BCUT2D eigenvalue weighted by Crippen LogP contribution is 2.34. The predicted molar refractivity (Wildman–Crippen MR) is 136 cm³/mol. The molecule has 0 saturated heterocycles. The van der Waals surface area contributed by atoms with Crippen LogP contribution in [0.1, 0.15) is 54.0 Å². The number of esters is 2. The Morgan fingerprint density at radius 2 is 1.55 bits per heavy atom. The van der Waals surface area contributed by atoms with E-state index in [1.165, 1.54) is 49.4 Å². The molecule has 1 aromatic heterocycles. The van der Waals surface area contributed by atoms with Gasteiger partial charge in [0.15, 0.2) is 12.4 Å². The highest BCUT2D eigenvalue weighted by molar-refractivity contribution is 6.37. The van der Waals surface area contributed by atoms with Crippen molar-refractivity contribution in [3.63, 3.8) is 0 Å². The number of carbonyl (C=O) groups excluding carboxylic acids is 5. The Kier molecular flexibility index (Phi) is 6.26. The minimum atomic E-state index is -0.795. The molecule has 0 saturated carbocycles. The molecule has 0 N–H and O–H groups in total. The number of amides is 2. The lowest BCUT2D eigenvalue weighted by Crippen LogP contribution is -2.29. The SMILES string of the molecule is CC(=O)Oc1ccc(C(=O)COC(=O)c2cccc(N3C(=O)c4c(C)nc5ccccc5c4C3=O)c2)cc1. The summed E-state index contributed by atoms with van der Waals surface area (Å²) in [5.41, 5.74) is 2.08. The highest BCUT2D eigenvalue weighted by atomic mass is 16.5. The molecule has 9 nitrogen and oxygen atoms in total. The zero-order valence-electron chi connectivity index (χ0n) is 20.4. The Morgan fingerprint density at radius 1 is 0.842 bits per heavy atom. The maximum Gasteiger partial charge on any atom is 0.338 e. The van der Waals surface area contributed by atoms with E-state index in [-0.39, 0.29) is 33.7 Å². The average Bonchev–Trinajstić information content (AvgIpc) is 3.18. The Bertz CT molecular complexity index is 1660. The molecular formula is C29H20N2O7. The van der Waals surface area contributed by atoms with Crippen LogP contribution in [0.2, 0.25) is 0 Å². The minimum absolute atomic E-state index is 0.0665. The average molecular weight is 508 g/mol. The second-order valence-corrected chi connectivity index (χ2v) is 8.58. The molecule has 5 rings (SSSR count). The lowest BCUT2D eigenvalue weighted by atomic mass is 10.0. The predicted octanol–water partition coefficient (Wildman–Crippen LogP) is 4.31. The Labute approximate surface area is 216 Å². The second-order valence-electron chi connectivity index (χ2n) is 8.58. The van der Waals surface area contributed by atoms with Crippen LogP contribution in [0.4, 0.5) is 5.69 Å². The summed E-state index contributed by atoms with van der Waals surface area (Å²) in [6.07, 6.45) is 0. The zero-order chi connectivity index (χ0) is 27.0. The third-order valence-corrected chi connectivity index (χ3v) is 6.02. The molecule has 0 aliphatic carbocycles. The van der Waals surface area contributed by atoms with Gasteiger partial charge in [-0.05, 0) is 55.5 Å². The number of rotatable bonds is 6. The third kappa shape index (κ3) is 4.41. The van der Waals surface area contributed by atoms with Gasteiger partial charge in [-0.15, -0.1) is 0 Å². The smallest absolute Gasteiger partial charge is 0.338 e. The number of hydrogen-bond donors (Lipinski definition) is 0. The molecule has 9 heteroatoms. The number of aryl methyl sites for hydroxylation is 1. The van der Waals surface area contributed by atoms with E-state index in [1.54, 1.807) is 37.3 Å². The number of para-hydroxylation sites is 1. The van der Waals surface area contributed by atoms with Crippen LogP contribution in [-0.4, -0.2) is 41.1 Å². The van der Waals surface area contributed by atoms with E-state index in [2.05, 4.69) is 4.98 Å². The Hall–Kier alpha value is -5.18. The van der Waals surface area contributed by atoms with Crippen molar-refractivity contribution in [1.29, 1.82) is 0 Å². The van der Waals surface area contributed by atoms with E-state index in [1.807, 2.05) is 0 Å². The molecular weight excluding hydrogens is 488 g/mol. The van der Waals surface area contributed by atoms with E-state index in [0.29, 0.717) is 16.6 Å². The van der Waals surface area contributed by atoms with E-state index in [0.717, 1.165) is 4.90 Å². The van der Waals surface area contributed by atoms with Crippen molar-refractivity contribution in [3.8, 4) is 5.75 Å². The topological polar surface area (TPSA) is 120 Å². The van der Waals surface area contributed by atoms with E-state index < -0.39 is 36.1 Å². The maximum atomic E-state index is 13.4. The number of hydrogen-bond acceptors (Lipinski definition) is 8. The van der Waals surface area contributed by atoms with Gasteiger partial charge in [0.1, 0.15) is 5.75 Å². The summed E-state index contributed by atoms with van der Waals surface area (Å²) in [5, 5.41) is 0.573. The standard InChI is InChI=1S/C29H20N2O7/c1-16-25-26(22-8-3-4-9-23(22)30-16)28(35)31(27(25)34)20-7-5-6-19(14-20)29(36)37-15-24(33)18-10-12-21(13-11-18)38-17(2)32/h3-14H,15H2,1-2H3. The number of benzene rings is 3. The number of anilines is 1. The number of fused-ring (bicyclic) bond motifs is 3. The fourth-order valence-corrected chi connectivity index (χ4v) is 4.31. The molecule has 188 valence electrons. The molecule has 2 amide bonds. The van der Waals surface area contributed by atoms with Gasteiger partial charge in [0.2, 0.25) is 0 Å². The van der Waals surface area contributed by atoms with Gasteiger partial charge in [0.25, 0.3) is 11.8 Å². The molecule has 3 aromatic carbocycles. The lowest BCUT2D eigenvalue weighted by Gasteiger charge is -2.15. The highest BCUT2D eigenvalue weighted by Gasteiger charge is 2.40. The maximum absolute atomic E-state index is 13.4. The van der Waals surface area contributed by atoms with Crippen molar-refractivity contribution in [2.45, 2.75) is 13.8 Å². The van der Waals surface area contributed by atoms with Crippen LogP contribution >= 0.6 is 0 Å². The monoisotopic (exact) mass is 508 g/mol. The number of carbonyl (C=O) groups is 5. The zero-order valence-corrected chi connectivity index (χ0v) is 20.4. The molecule has 0 fully saturated rings. The molecule has 4 aromatic rings. The molecule has 1 aliphatic rings.